The monoisotopic (exact) mass is 823 g/mol. The minimum Gasteiger partial charge on any atom is -0.457 e. The Balaban J connectivity index is 3.47. The molecule has 0 heterocycles. The topological polar surface area (TPSA) is 55.8 Å². The number of allylic oxidation sites excluding steroid dienone is 12. The number of esters is 1. The van der Waals surface area contributed by atoms with Gasteiger partial charge < -0.3 is 14.6 Å². The van der Waals surface area contributed by atoms with E-state index in [-0.39, 0.29) is 19.2 Å². The van der Waals surface area contributed by atoms with Crippen LogP contribution in [0.4, 0.5) is 0 Å². The van der Waals surface area contributed by atoms with E-state index < -0.39 is 6.10 Å². The number of hydrogen-bond donors (Lipinski definition) is 1. The minimum atomic E-state index is -0.546. The van der Waals surface area contributed by atoms with Crippen molar-refractivity contribution in [2.45, 2.75) is 251 Å². The molecule has 0 spiro atoms. The maximum Gasteiger partial charge on any atom is 0.306 e. The number of unbranched alkanes of at least 4 members (excludes halogenated alkanes) is 27. The van der Waals surface area contributed by atoms with Crippen molar-refractivity contribution in [3.05, 3.63) is 72.9 Å². The molecule has 1 unspecified atom stereocenters. The van der Waals surface area contributed by atoms with Crippen LogP contribution in [0.1, 0.15) is 245 Å². The van der Waals surface area contributed by atoms with E-state index in [0.717, 1.165) is 44.9 Å². The molecule has 0 aliphatic rings. The maximum absolute atomic E-state index is 12.3. The Hall–Kier alpha value is -2.17. The van der Waals surface area contributed by atoms with Crippen LogP contribution in [-0.2, 0) is 14.3 Å². The summed E-state index contributed by atoms with van der Waals surface area (Å²) >= 11 is 0. The Kier molecular flexibility index (Phi) is 50.1. The summed E-state index contributed by atoms with van der Waals surface area (Å²) in [6.07, 6.45) is 71.3. The van der Waals surface area contributed by atoms with Gasteiger partial charge in [-0.1, -0.05) is 222 Å². The summed E-state index contributed by atoms with van der Waals surface area (Å²) in [5, 5.41) is 9.65. The first-order valence-electron chi connectivity index (χ1n) is 25.5. The standard InChI is InChI=1S/C55H98O4/c1-3-5-7-9-11-13-15-17-19-21-23-25-27-29-31-33-35-37-39-41-43-45-47-49-51-58-53-54(52-56)59-55(57)50-48-46-44-42-40-38-36-34-32-30-28-26-24-22-20-18-16-14-12-10-8-6-4-2/h15-18,21-24,27-30,54,56H,3-14,19-20,25-26,31-53H2,1-2H3/b17-15-,18-16-,23-21-,24-22-,29-27-,30-28-. The Morgan fingerprint density at radius 3 is 1.07 bits per heavy atom. The fourth-order valence-electron chi connectivity index (χ4n) is 7.17. The lowest BCUT2D eigenvalue weighted by molar-refractivity contribution is -0.154. The van der Waals surface area contributed by atoms with Crippen molar-refractivity contribution in [1.82, 2.24) is 0 Å². The summed E-state index contributed by atoms with van der Waals surface area (Å²) in [6.45, 7) is 5.32. The number of ether oxygens (including phenoxy) is 2. The summed E-state index contributed by atoms with van der Waals surface area (Å²) in [5.74, 6) is -0.210. The van der Waals surface area contributed by atoms with Gasteiger partial charge in [0, 0.05) is 13.0 Å². The molecule has 0 aliphatic carbocycles. The zero-order valence-corrected chi connectivity index (χ0v) is 39.3. The maximum atomic E-state index is 12.3. The van der Waals surface area contributed by atoms with Crippen LogP contribution in [-0.4, -0.2) is 37.0 Å². The molecule has 0 saturated heterocycles. The highest BCUT2D eigenvalue weighted by Gasteiger charge is 2.13. The van der Waals surface area contributed by atoms with Gasteiger partial charge in [-0.15, -0.1) is 0 Å². The molecule has 0 aromatic carbocycles. The highest BCUT2D eigenvalue weighted by Crippen LogP contribution is 2.14. The molecule has 0 aromatic rings. The zero-order chi connectivity index (χ0) is 42.6. The number of hydrogen-bond acceptors (Lipinski definition) is 4. The lowest BCUT2D eigenvalue weighted by Crippen LogP contribution is -2.27. The molecule has 0 radical (unpaired) electrons. The third kappa shape index (κ3) is 50.1. The first kappa shape index (κ1) is 56.8. The van der Waals surface area contributed by atoms with Gasteiger partial charge in [0.05, 0.1) is 13.2 Å². The second kappa shape index (κ2) is 52.0. The van der Waals surface area contributed by atoms with Gasteiger partial charge in [-0.05, 0) is 89.9 Å². The van der Waals surface area contributed by atoms with Crippen LogP contribution in [0.25, 0.3) is 0 Å². The third-order valence-corrected chi connectivity index (χ3v) is 11.0. The van der Waals surface area contributed by atoms with E-state index >= 15 is 0 Å². The van der Waals surface area contributed by atoms with E-state index in [1.165, 1.54) is 180 Å². The number of carbonyl (C=O) groups excluding carboxylic acids is 1. The van der Waals surface area contributed by atoms with Crippen LogP contribution in [0.5, 0.6) is 0 Å². The van der Waals surface area contributed by atoms with Gasteiger partial charge >= 0.3 is 5.97 Å². The fraction of sp³-hybridized carbons (Fsp3) is 0.764. The van der Waals surface area contributed by atoms with Crippen LogP contribution in [0, 0.1) is 0 Å². The summed E-state index contributed by atoms with van der Waals surface area (Å²) < 4.78 is 11.2. The van der Waals surface area contributed by atoms with Gasteiger partial charge in [0.25, 0.3) is 0 Å². The van der Waals surface area contributed by atoms with Crippen LogP contribution >= 0.6 is 0 Å². The molecule has 1 atom stereocenters. The van der Waals surface area contributed by atoms with Crippen molar-refractivity contribution in [3.63, 3.8) is 0 Å². The molecule has 0 aromatic heterocycles. The number of rotatable bonds is 47. The van der Waals surface area contributed by atoms with Crippen molar-refractivity contribution in [2.75, 3.05) is 19.8 Å². The van der Waals surface area contributed by atoms with Gasteiger partial charge in [0.2, 0.25) is 0 Å². The van der Waals surface area contributed by atoms with Crippen molar-refractivity contribution in [1.29, 1.82) is 0 Å². The number of carbonyl (C=O) groups is 1. The Labute approximate surface area is 367 Å². The largest absolute Gasteiger partial charge is 0.457 e. The van der Waals surface area contributed by atoms with E-state index in [1.807, 2.05) is 0 Å². The van der Waals surface area contributed by atoms with Crippen LogP contribution in [0.2, 0.25) is 0 Å². The summed E-state index contributed by atoms with van der Waals surface area (Å²) in [5.41, 5.74) is 0. The molecule has 0 amide bonds. The number of aliphatic hydroxyl groups is 1. The van der Waals surface area contributed by atoms with Crippen LogP contribution in [0.15, 0.2) is 72.9 Å². The van der Waals surface area contributed by atoms with Gasteiger partial charge in [0.1, 0.15) is 6.10 Å². The normalized spacial score (nSPS) is 12.9. The number of aliphatic hydroxyl groups excluding tert-OH is 1. The highest BCUT2D eigenvalue weighted by atomic mass is 16.6. The molecule has 0 rings (SSSR count). The molecule has 4 nitrogen and oxygen atoms in total. The van der Waals surface area contributed by atoms with E-state index in [2.05, 4.69) is 86.8 Å². The van der Waals surface area contributed by atoms with Gasteiger partial charge in [-0.3, -0.25) is 4.79 Å². The van der Waals surface area contributed by atoms with Gasteiger partial charge in [-0.25, -0.2) is 0 Å². The minimum absolute atomic E-state index is 0.180. The Morgan fingerprint density at radius 2 is 0.712 bits per heavy atom. The molecular formula is C55H98O4. The molecule has 59 heavy (non-hydrogen) atoms. The van der Waals surface area contributed by atoms with Crippen molar-refractivity contribution in [2.24, 2.45) is 0 Å². The molecular weight excluding hydrogens is 725 g/mol. The second-order valence-electron chi connectivity index (χ2n) is 16.9. The molecule has 342 valence electrons. The summed E-state index contributed by atoms with van der Waals surface area (Å²) in [4.78, 5) is 12.3. The van der Waals surface area contributed by atoms with Gasteiger partial charge in [-0.2, -0.15) is 0 Å². The van der Waals surface area contributed by atoms with Crippen LogP contribution < -0.4 is 0 Å². The first-order chi connectivity index (χ1) is 29.2. The summed E-state index contributed by atoms with van der Waals surface area (Å²) in [6, 6.07) is 0. The predicted octanol–water partition coefficient (Wildman–Crippen LogP) is 17.3. The average molecular weight is 823 g/mol. The Morgan fingerprint density at radius 1 is 0.407 bits per heavy atom. The second-order valence-corrected chi connectivity index (χ2v) is 16.9. The zero-order valence-electron chi connectivity index (χ0n) is 39.3. The van der Waals surface area contributed by atoms with Crippen molar-refractivity contribution in [3.8, 4) is 0 Å². The molecule has 0 fully saturated rings. The van der Waals surface area contributed by atoms with E-state index in [0.29, 0.717) is 13.0 Å². The molecule has 4 heteroatoms. The smallest absolute Gasteiger partial charge is 0.306 e. The van der Waals surface area contributed by atoms with Crippen molar-refractivity contribution < 1.29 is 19.4 Å². The average Bonchev–Trinajstić information content (AvgIpc) is 3.24. The van der Waals surface area contributed by atoms with Crippen molar-refractivity contribution >= 4 is 5.97 Å². The molecule has 1 N–H and O–H groups in total. The molecule has 0 saturated carbocycles. The van der Waals surface area contributed by atoms with Crippen LogP contribution in [0.3, 0.4) is 0 Å². The molecule has 0 bridgehead atoms. The lowest BCUT2D eigenvalue weighted by Gasteiger charge is -2.16. The third-order valence-electron chi connectivity index (χ3n) is 11.0. The van der Waals surface area contributed by atoms with Gasteiger partial charge in [0.15, 0.2) is 0 Å². The van der Waals surface area contributed by atoms with E-state index in [1.54, 1.807) is 0 Å². The van der Waals surface area contributed by atoms with E-state index in [4.69, 9.17) is 9.47 Å². The summed E-state index contributed by atoms with van der Waals surface area (Å²) in [7, 11) is 0. The van der Waals surface area contributed by atoms with E-state index in [9.17, 15) is 9.90 Å². The lowest BCUT2D eigenvalue weighted by atomic mass is 10.1. The molecule has 0 aliphatic heterocycles. The first-order valence-corrected chi connectivity index (χ1v) is 25.5. The highest BCUT2D eigenvalue weighted by molar-refractivity contribution is 5.69. The SMILES string of the molecule is CCCCCCC/C=C\C/C=C\C/C=C\CCCCCCCCCCCOCC(CO)OC(=O)CCCCCCCCCC/C=C\C/C=C\C/C=C\CCCCCCC. The Bertz CT molecular complexity index is 1000. The predicted molar refractivity (Wildman–Crippen MR) is 260 cm³/mol. The fourth-order valence-corrected chi connectivity index (χ4v) is 7.17. The quantitative estimate of drug-likeness (QED) is 0.0377.